The Balaban J connectivity index is 2.95. The molecule has 0 aliphatic rings. The lowest BCUT2D eigenvalue weighted by atomic mass is 10.3. The van der Waals surface area contributed by atoms with E-state index < -0.39 is 11.9 Å². The molecule has 15 heavy (non-hydrogen) atoms. The number of halogens is 3. The zero-order valence-electron chi connectivity index (χ0n) is 8.52. The molecule has 0 unspecified atom stereocenters. The molecule has 0 amide bonds. The first-order chi connectivity index (χ1) is 6.93. The van der Waals surface area contributed by atoms with Crippen molar-refractivity contribution >= 4 is 5.95 Å². The molecule has 3 nitrogen and oxygen atoms in total. The third-order valence-corrected chi connectivity index (χ3v) is 1.68. The van der Waals surface area contributed by atoms with Gasteiger partial charge >= 0.3 is 6.18 Å². The van der Waals surface area contributed by atoms with Crippen molar-refractivity contribution in [1.82, 2.24) is 9.97 Å². The van der Waals surface area contributed by atoms with Crippen LogP contribution >= 0.6 is 0 Å². The molecule has 0 bridgehead atoms. The highest BCUT2D eigenvalue weighted by Gasteiger charge is 2.33. The molecule has 0 aliphatic carbocycles. The quantitative estimate of drug-likeness (QED) is 0.849. The first-order valence-electron chi connectivity index (χ1n) is 4.60. The average Bonchev–Trinajstić information content (AvgIpc) is 2.12. The van der Waals surface area contributed by atoms with E-state index in [1.165, 1.54) is 6.92 Å². The van der Waals surface area contributed by atoms with Crippen LogP contribution in [0.25, 0.3) is 0 Å². The molecule has 1 rings (SSSR count). The smallest absolute Gasteiger partial charge is 0.354 e. The van der Waals surface area contributed by atoms with Crippen LogP contribution in [0, 0.1) is 6.92 Å². The first kappa shape index (κ1) is 11.7. The Hall–Kier alpha value is -1.33. The molecular weight excluding hydrogens is 207 g/mol. The van der Waals surface area contributed by atoms with Gasteiger partial charge in [0.15, 0.2) is 0 Å². The summed E-state index contributed by atoms with van der Waals surface area (Å²) in [5.41, 5.74) is -0.607. The van der Waals surface area contributed by atoms with Gasteiger partial charge in [0.05, 0.1) is 0 Å². The predicted octanol–water partition coefficient (Wildman–Crippen LogP) is 2.63. The van der Waals surface area contributed by atoms with Gasteiger partial charge in [-0.05, 0) is 19.4 Å². The fourth-order valence-corrected chi connectivity index (χ4v) is 1.03. The Kier molecular flexibility index (Phi) is 3.49. The second kappa shape index (κ2) is 4.46. The Labute approximate surface area is 85.7 Å². The fourth-order valence-electron chi connectivity index (χ4n) is 1.03. The Morgan fingerprint density at radius 2 is 2.00 bits per heavy atom. The number of nitrogens with zero attached hydrogens (tertiary/aromatic N) is 2. The summed E-state index contributed by atoms with van der Waals surface area (Å²) in [5.74, 6) is 0.0316. The van der Waals surface area contributed by atoms with Crippen molar-refractivity contribution in [3.8, 4) is 0 Å². The molecule has 1 N–H and O–H groups in total. The monoisotopic (exact) mass is 219 g/mol. The van der Waals surface area contributed by atoms with E-state index in [4.69, 9.17) is 0 Å². The normalized spacial score (nSPS) is 11.5. The van der Waals surface area contributed by atoms with E-state index in [-0.39, 0.29) is 5.95 Å². The molecule has 0 saturated heterocycles. The Morgan fingerprint density at radius 1 is 1.33 bits per heavy atom. The molecule has 1 aromatic rings. The maximum Gasteiger partial charge on any atom is 0.433 e. The average molecular weight is 219 g/mol. The summed E-state index contributed by atoms with van der Waals surface area (Å²) in [6.45, 7) is 3.97. The molecule has 1 aromatic heterocycles. The van der Waals surface area contributed by atoms with Gasteiger partial charge in [-0.25, -0.2) is 9.97 Å². The van der Waals surface area contributed by atoms with Crippen LogP contribution in [0.2, 0.25) is 0 Å². The van der Waals surface area contributed by atoms with E-state index in [1.54, 1.807) is 0 Å². The van der Waals surface area contributed by atoms with Crippen LogP contribution in [-0.2, 0) is 6.18 Å². The molecular formula is C9H12F3N3. The van der Waals surface area contributed by atoms with Crippen molar-refractivity contribution < 1.29 is 13.2 Å². The molecule has 0 spiro atoms. The maximum atomic E-state index is 12.4. The topological polar surface area (TPSA) is 37.8 Å². The van der Waals surface area contributed by atoms with Crippen molar-refractivity contribution in [2.45, 2.75) is 26.4 Å². The molecule has 1 heterocycles. The minimum Gasteiger partial charge on any atom is -0.354 e. The van der Waals surface area contributed by atoms with Crippen LogP contribution in [0.1, 0.15) is 24.7 Å². The number of hydrogen-bond donors (Lipinski definition) is 1. The summed E-state index contributed by atoms with van der Waals surface area (Å²) in [5, 5.41) is 2.73. The number of aryl methyl sites for hydroxylation is 1. The summed E-state index contributed by atoms with van der Waals surface area (Å²) >= 11 is 0. The summed E-state index contributed by atoms with van der Waals surface area (Å²) in [4.78, 5) is 7.26. The molecule has 6 heteroatoms. The molecule has 0 atom stereocenters. The van der Waals surface area contributed by atoms with Gasteiger partial charge < -0.3 is 5.32 Å². The number of nitrogens with one attached hydrogen (secondary N) is 1. The predicted molar refractivity (Wildman–Crippen MR) is 50.6 cm³/mol. The van der Waals surface area contributed by atoms with Crippen LogP contribution < -0.4 is 5.32 Å². The lowest BCUT2D eigenvalue weighted by Crippen LogP contribution is -2.13. The number of aromatic nitrogens is 2. The van der Waals surface area contributed by atoms with Crippen LogP contribution in [0.4, 0.5) is 19.1 Å². The van der Waals surface area contributed by atoms with E-state index >= 15 is 0 Å². The van der Waals surface area contributed by atoms with Gasteiger partial charge in [0, 0.05) is 12.2 Å². The Morgan fingerprint density at radius 3 is 2.53 bits per heavy atom. The SMILES string of the molecule is CCCNc1nc(C)cc(C(F)(F)F)n1. The second-order valence-corrected chi connectivity index (χ2v) is 3.14. The standard InChI is InChI=1S/C9H12F3N3/c1-3-4-13-8-14-6(2)5-7(15-8)9(10,11)12/h5H,3-4H2,1-2H3,(H,13,14,15). The zero-order chi connectivity index (χ0) is 11.5. The van der Waals surface area contributed by atoms with Crippen LogP contribution in [0.5, 0.6) is 0 Å². The van der Waals surface area contributed by atoms with Gasteiger partial charge in [0.2, 0.25) is 5.95 Å². The lowest BCUT2D eigenvalue weighted by Gasteiger charge is -2.09. The fraction of sp³-hybridized carbons (Fsp3) is 0.556. The van der Waals surface area contributed by atoms with Crippen molar-refractivity contribution in [1.29, 1.82) is 0 Å². The highest BCUT2D eigenvalue weighted by atomic mass is 19.4. The van der Waals surface area contributed by atoms with Crippen molar-refractivity contribution in [3.63, 3.8) is 0 Å². The minimum absolute atomic E-state index is 0.0316. The van der Waals surface area contributed by atoms with E-state index in [1.807, 2.05) is 6.92 Å². The van der Waals surface area contributed by atoms with E-state index in [0.717, 1.165) is 12.5 Å². The number of rotatable bonds is 3. The van der Waals surface area contributed by atoms with Gasteiger partial charge in [0.25, 0.3) is 0 Å². The maximum absolute atomic E-state index is 12.4. The zero-order valence-corrected chi connectivity index (χ0v) is 8.52. The summed E-state index contributed by atoms with van der Waals surface area (Å²) < 4.78 is 37.1. The van der Waals surface area contributed by atoms with Crippen molar-refractivity contribution in [2.75, 3.05) is 11.9 Å². The highest BCUT2D eigenvalue weighted by molar-refractivity contribution is 5.28. The summed E-state index contributed by atoms with van der Waals surface area (Å²) in [6.07, 6.45) is -3.62. The van der Waals surface area contributed by atoms with Gasteiger partial charge in [-0.1, -0.05) is 6.92 Å². The highest BCUT2D eigenvalue weighted by Crippen LogP contribution is 2.28. The molecule has 84 valence electrons. The van der Waals surface area contributed by atoms with Crippen LogP contribution in [0.15, 0.2) is 6.07 Å². The molecule has 0 aromatic carbocycles. The number of alkyl halides is 3. The minimum atomic E-state index is -4.42. The van der Waals surface area contributed by atoms with Crippen molar-refractivity contribution in [3.05, 3.63) is 17.5 Å². The number of anilines is 1. The number of hydrogen-bond acceptors (Lipinski definition) is 3. The second-order valence-electron chi connectivity index (χ2n) is 3.14. The van der Waals surface area contributed by atoms with Gasteiger partial charge in [-0.2, -0.15) is 13.2 Å². The third kappa shape index (κ3) is 3.38. The van der Waals surface area contributed by atoms with Gasteiger partial charge in [-0.3, -0.25) is 0 Å². The van der Waals surface area contributed by atoms with Crippen LogP contribution in [-0.4, -0.2) is 16.5 Å². The molecule has 0 fully saturated rings. The summed E-state index contributed by atoms with van der Waals surface area (Å²) in [7, 11) is 0. The van der Waals surface area contributed by atoms with Crippen molar-refractivity contribution in [2.24, 2.45) is 0 Å². The van der Waals surface area contributed by atoms with Crippen LogP contribution in [0.3, 0.4) is 0 Å². The lowest BCUT2D eigenvalue weighted by molar-refractivity contribution is -0.141. The van der Waals surface area contributed by atoms with Gasteiger partial charge in [-0.15, -0.1) is 0 Å². The van der Waals surface area contributed by atoms with E-state index in [0.29, 0.717) is 12.2 Å². The molecule has 0 radical (unpaired) electrons. The first-order valence-corrected chi connectivity index (χ1v) is 4.60. The van der Waals surface area contributed by atoms with E-state index in [9.17, 15) is 13.2 Å². The van der Waals surface area contributed by atoms with E-state index in [2.05, 4.69) is 15.3 Å². The van der Waals surface area contributed by atoms with Gasteiger partial charge in [0.1, 0.15) is 5.69 Å². The molecule has 0 aliphatic heterocycles. The summed E-state index contributed by atoms with van der Waals surface area (Å²) in [6, 6.07) is 0.928. The Bertz CT molecular complexity index is 336. The largest absolute Gasteiger partial charge is 0.433 e. The third-order valence-electron chi connectivity index (χ3n) is 1.68. The molecule has 0 saturated carbocycles.